The summed E-state index contributed by atoms with van der Waals surface area (Å²) in [6, 6.07) is 10.2. The molecule has 0 atom stereocenters. The lowest BCUT2D eigenvalue weighted by atomic mass is 10.1. The van der Waals surface area contributed by atoms with Crippen molar-refractivity contribution in [2.75, 3.05) is 0 Å². The van der Waals surface area contributed by atoms with Gasteiger partial charge in [0, 0.05) is 0 Å². The zero-order valence-corrected chi connectivity index (χ0v) is 13.2. The van der Waals surface area contributed by atoms with Gasteiger partial charge in [-0.05, 0) is 55.5 Å². The smallest absolute Gasteiger partial charge is 0.236 e. The van der Waals surface area contributed by atoms with Crippen LogP contribution in [0.1, 0.15) is 22.6 Å². The quantitative estimate of drug-likeness (QED) is 0.686. The first-order chi connectivity index (χ1) is 10.1. The summed E-state index contributed by atoms with van der Waals surface area (Å²) in [5, 5.41) is 2.01. The number of benzene rings is 1. The normalized spacial score (nSPS) is 10.8. The molecular formula is C17H17NO2S. The lowest BCUT2D eigenvalue weighted by molar-refractivity contribution is 0.299. The first-order valence-electron chi connectivity index (χ1n) is 6.83. The van der Waals surface area contributed by atoms with Gasteiger partial charge in [-0.3, -0.25) is 0 Å². The topological polar surface area (TPSA) is 35.3 Å². The molecule has 0 saturated carbocycles. The van der Waals surface area contributed by atoms with E-state index >= 15 is 0 Å². The van der Waals surface area contributed by atoms with Crippen LogP contribution in [0.15, 0.2) is 40.1 Å². The van der Waals surface area contributed by atoms with E-state index in [9.17, 15) is 0 Å². The molecule has 4 heteroatoms. The van der Waals surface area contributed by atoms with Crippen molar-refractivity contribution in [3.05, 3.63) is 58.3 Å². The highest BCUT2D eigenvalue weighted by Gasteiger charge is 2.12. The maximum Gasteiger partial charge on any atom is 0.236 e. The molecule has 3 rings (SSSR count). The van der Waals surface area contributed by atoms with Crippen molar-refractivity contribution in [1.82, 2.24) is 4.98 Å². The van der Waals surface area contributed by atoms with E-state index in [1.165, 1.54) is 11.1 Å². The van der Waals surface area contributed by atoms with Gasteiger partial charge in [0.2, 0.25) is 5.89 Å². The molecule has 21 heavy (non-hydrogen) atoms. The minimum atomic E-state index is 0.420. The van der Waals surface area contributed by atoms with E-state index in [4.69, 9.17) is 9.15 Å². The van der Waals surface area contributed by atoms with E-state index in [1.54, 1.807) is 11.3 Å². The monoisotopic (exact) mass is 299 g/mol. The van der Waals surface area contributed by atoms with Crippen LogP contribution < -0.4 is 4.74 Å². The number of hydrogen-bond acceptors (Lipinski definition) is 4. The Hall–Kier alpha value is -2.07. The van der Waals surface area contributed by atoms with Gasteiger partial charge >= 0.3 is 0 Å². The maximum absolute atomic E-state index is 5.85. The third kappa shape index (κ3) is 3.16. The number of aryl methyl sites for hydroxylation is 3. The number of aromatic nitrogens is 1. The van der Waals surface area contributed by atoms with E-state index in [1.807, 2.05) is 36.6 Å². The number of oxazole rings is 1. The van der Waals surface area contributed by atoms with Crippen molar-refractivity contribution in [3.63, 3.8) is 0 Å². The third-order valence-corrected chi connectivity index (χ3v) is 4.05. The SMILES string of the molecule is Cc1cc(C)cc(OCc2nc(-c3cccs3)oc2C)c1. The van der Waals surface area contributed by atoms with Gasteiger partial charge in [0.25, 0.3) is 0 Å². The van der Waals surface area contributed by atoms with Crippen molar-refractivity contribution in [1.29, 1.82) is 0 Å². The van der Waals surface area contributed by atoms with Crippen LogP contribution in [-0.2, 0) is 6.61 Å². The van der Waals surface area contributed by atoms with E-state index in [2.05, 4.69) is 24.9 Å². The van der Waals surface area contributed by atoms with Crippen molar-refractivity contribution < 1.29 is 9.15 Å². The molecule has 108 valence electrons. The molecule has 0 bridgehead atoms. The summed E-state index contributed by atoms with van der Waals surface area (Å²) >= 11 is 1.62. The van der Waals surface area contributed by atoms with Crippen molar-refractivity contribution in [3.8, 4) is 16.5 Å². The molecule has 0 amide bonds. The standard InChI is InChI=1S/C17H17NO2S/c1-11-7-12(2)9-14(8-11)19-10-15-13(3)20-17(18-15)16-5-4-6-21-16/h4-9H,10H2,1-3H3. The second kappa shape index (κ2) is 5.74. The molecule has 0 aliphatic heterocycles. The zero-order chi connectivity index (χ0) is 14.8. The molecule has 0 N–H and O–H groups in total. The fourth-order valence-electron chi connectivity index (χ4n) is 2.24. The number of thiophene rings is 1. The van der Waals surface area contributed by atoms with Gasteiger partial charge in [-0.25, -0.2) is 4.98 Å². The summed E-state index contributed by atoms with van der Waals surface area (Å²) in [6.07, 6.45) is 0. The van der Waals surface area contributed by atoms with Gasteiger partial charge in [0.15, 0.2) is 0 Å². The van der Waals surface area contributed by atoms with Crippen molar-refractivity contribution in [2.24, 2.45) is 0 Å². The molecule has 0 fully saturated rings. The summed E-state index contributed by atoms with van der Waals surface area (Å²) in [4.78, 5) is 5.57. The van der Waals surface area contributed by atoms with Crippen LogP contribution in [0.25, 0.3) is 10.8 Å². The molecule has 0 spiro atoms. The molecule has 2 aromatic heterocycles. The van der Waals surface area contributed by atoms with Crippen LogP contribution in [-0.4, -0.2) is 4.98 Å². The Morgan fingerprint density at radius 3 is 2.57 bits per heavy atom. The summed E-state index contributed by atoms with van der Waals surface area (Å²) in [6.45, 7) is 6.47. The van der Waals surface area contributed by atoms with E-state index in [-0.39, 0.29) is 0 Å². The Bertz CT molecular complexity index is 724. The first kappa shape index (κ1) is 13.9. The van der Waals surface area contributed by atoms with Gasteiger partial charge in [-0.15, -0.1) is 11.3 Å². The van der Waals surface area contributed by atoms with Crippen LogP contribution in [0.3, 0.4) is 0 Å². The summed E-state index contributed by atoms with van der Waals surface area (Å²) in [5.74, 6) is 2.34. The number of hydrogen-bond donors (Lipinski definition) is 0. The Labute approximate surface area is 128 Å². The van der Waals surface area contributed by atoms with Crippen molar-refractivity contribution in [2.45, 2.75) is 27.4 Å². The Morgan fingerprint density at radius 2 is 1.90 bits per heavy atom. The second-order valence-electron chi connectivity index (χ2n) is 5.11. The summed E-state index contributed by atoms with van der Waals surface area (Å²) < 4.78 is 11.6. The lowest BCUT2D eigenvalue weighted by Crippen LogP contribution is -1.98. The van der Waals surface area contributed by atoms with E-state index in [0.717, 1.165) is 22.1 Å². The van der Waals surface area contributed by atoms with Crippen LogP contribution >= 0.6 is 11.3 Å². The first-order valence-corrected chi connectivity index (χ1v) is 7.71. The molecule has 3 aromatic rings. The van der Waals surface area contributed by atoms with E-state index < -0.39 is 0 Å². The van der Waals surface area contributed by atoms with Crippen molar-refractivity contribution >= 4 is 11.3 Å². The highest BCUT2D eigenvalue weighted by molar-refractivity contribution is 7.13. The summed E-state index contributed by atoms with van der Waals surface area (Å²) in [5.41, 5.74) is 3.24. The predicted molar refractivity (Wildman–Crippen MR) is 84.8 cm³/mol. The van der Waals surface area contributed by atoms with E-state index in [0.29, 0.717) is 12.5 Å². The van der Waals surface area contributed by atoms with Gasteiger partial charge in [-0.1, -0.05) is 12.1 Å². The molecule has 3 nitrogen and oxygen atoms in total. The van der Waals surface area contributed by atoms with Crippen LogP contribution in [0, 0.1) is 20.8 Å². The molecule has 0 aliphatic carbocycles. The number of ether oxygens (including phenoxy) is 1. The predicted octanol–water partition coefficient (Wildman–Crippen LogP) is 4.91. The average Bonchev–Trinajstić information content (AvgIpc) is 3.04. The van der Waals surface area contributed by atoms with Gasteiger partial charge < -0.3 is 9.15 Å². The number of rotatable bonds is 4. The van der Waals surface area contributed by atoms with Gasteiger partial charge in [0.1, 0.15) is 23.8 Å². The zero-order valence-electron chi connectivity index (χ0n) is 12.3. The fourth-order valence-corrected chi connectivity index (χ4v) is 2.88. The molecule has 2 heterocycles. The molecule has 0 saturated heterocycles. The molecule has 1 aromatic carbocycles. The third-order valence-electron chi connectivity index (χ3n) is 3.20. The lowest BCUT2D eigenvalue weighted by Gasteiger charge is -2.06. The average molecular weight is 299 g/mol. The Balaban J connectivity index is 1.76. The Morgan fingerprint density at radius 1 is 1.14 bits per heavy atom. The van der Waals surface area contributed by atoms with Crippen LogP contribution in [0.4, 0.5) is 0 Å². The highest BCUT2D eigenvalue weighted by Crippen LogP contribution is 2.26. The molecular weight excluding hydrogens is 282 g/mol. The second-order valence-corrected chi connectivity index (χ2v) is 6.06. The van der Waals surface area contributed by atoms with Crippen LogP contribution in [0.2, 0.25) is 0 Å². The minimum absolute atomic E-state index is 0.420. The molecule has 0 aliphatic rings. The Kier molecular flexibility index (Phi) is 3.80. The van der Waals surface area contributed by atoms with Gasteiger partial charge in [0.05, 0.1) is 4.88 Å². The number of nitrogens with zero attached hydrogens (tertiary/aromatic N) is 1. The summed E-state index contributed by atoms with van der Waals surface area (Å²) in [7, 11) is 0. The van der Waals surface area contributed by atoms with Gasteiger partial charge in [-0.2, -0.15) is 0 Å². The maximum atomic E-state index is 5.85. The minimum Gasteiger partial charge on any atom is -0.487 e. The largest absolute Gasteiger partial charge is 0.487 e. The molecule has 0 radical (unpaired) electrons. The molecule has 0 unspecified atom stereocenters. The van der Waals surface area contributed by atoms with Crippen LogP contribution in [0.5, 0.6) is 5.75 Å². The highest BCUT2D eigenvalue weighted by atomic mass is 32.1. The fraction of sp³-hybridized carbons (Fsp3) is 0.235.